The van der Waals surface area contributed by atoms with Crippen LogP contribution in [-0.4, -0.2) is 19.5 Å². The predicted molar refractivity (Wildman–Crippen MR) is 68.0 cm³/mol. The maximum absolute atomic E-state index is 5.33. The minimum absolute atomic E-state index is 0.730. The summed E-state index contributed by atoms with van der Waals surface area (Å²) >= 11 is 4.11. The van der Waals surface area contributed by atoms with Crippen LogP contribution in [-0.2, 0) is 6.42 Å². The molecule has 1 aromatic rings. The molecule has 0 amide bonds. The van der Waals surface area contributed by atoms with Gasteiger partial charge < -0.3 is 10.1 Å². The molecule has 0 unspecified atom stereocenters. The highest BCUT2D eigenvalue weighted by Crippen LogP contribution is 2.24. The predicted octanol–water partition coefficient (Wildman–Crippen LogP) is 2.33. The highest BCUT2D eigenvalue weighted by atomic mass is 32.1. The van der Waals surface area contributed by atoms with E-state index in [-0.39, 0.29) is 0 Å². The largest absolute Gasteiger partial charge is 0.496 e. The lowest BCUT2D eigenvalue weighted by Gasteiger charge is -2.11. The lowest BCUT2D eigenvalue weighted by molar-refractivity contribution is 0.408. The number of rotatable bonds is 5. The van der Waals surface area contributed by atoms with Crippen molar-refractivity contribution >= 4 is 12.6 Å². The number of aryl methyl sites for hydroxylation is 2. The number of thiol groups is 1. The second-order valence-corrected chi connectivity index (χ2v) is 3.99. The Hall–Kier alpha value is -0.670. The smallest absolute Gasteiger partial charge is 0.124 e. The number of benzene rings is 1. The molecule has 0 fully saturated rings. The standard InChI is InChI=1S/C12H19NOS/c1-9-6-11(4-5-13-8-15)7-10(2)12(9)14-3/h6-7,13,15H,4-5,8H2,1-3H3. The number of hydrogen-bond acceptors (Lipinski definition) is 3. The molecule has 0 aliphatic rings. The summed E-state index contributed by atoms with van der Waals surface area (Å²) in [6.07, 6.45) is 1.03. The zero-order valence-corrected chi connectivity index (χ0v) is 10.5. The number of nitrogens with one attached hydrogen (secondary N) is 1. The van der Waals surface area contributed by atoms with Gasteiger partial charge >= 0.3 is 0 Å². The topological polar surface area (TPSA) is 21.3 Å². The Morgan fingerprint density at radius 2 is 1.87 bits per heavy atom. The van der Waals surface area contributed by atoms with E-state index in [0.717, 1.165) is 24.6 Å². The van der Waals surface area contributed by atoms with Gasteiger partial charge in [0, 0.05) is 5.88 Å². The van der Waals surface area contributed by atoms with Gasteiger partial charge in [-0.2, -0.15) is 12.6 Å². The maximum Gasteiger partial charge on any atom is 0.124 e. The van der Waals surface area contributed by atoms with E-state index in [1.165, 1.54) is 16.7 Å². The van der Waals surface area contributed by atoms with Crippen molar-refractivity contribution in [3.8, 4) is 5.75 Å². The molecule has 0 saturated heterocycles. The third-order valence-corrected chi connectivity index (χ3v) is 2.65. The van der Waals surface area contributed by atoms with Gasteiger partial charge in [-0.3, -0.25) is 0 Å². The van der Waals surface area contributed by atoms with Crippen LogP contribution in [0.4, 0.5) is 0 Å². The summed E-state index contributed by atoms with van der Waals surface area (Å²) in [7, 11) is 1.72. The summed E-state index contributed by atoms with van der Waals surface area (Å²) in [5.74, 6) is 1.73. The second-order valence-electron chi connectivity index (χ2n) is 3.67. The Bertz CT molecular complexity index is 302. The van der Waals surface area contributed by atoms with E-state index < -0.39 is 0 Å². The molecule has 1 rings (SSSR count). The maximum atomic E-state index is 5.33. The molecule has 2 nitrogen and oxygen atoms in total. The number of ether oxygens (including phenoxy) is 1. The average molecular weight is 225 g/mol. The molecule has 0 aliphatic heterocycles. The van der Waals surface area contributed by atoms with Gasteiger partial charge in [-0.1, -0.05) is 12.1 Å². The van der Waals surface area contributed by atoms with Crippen molar-refractivity contribution in [2.75, 3.05) is 19.5 Å². The highest BCUT2D eigenvalue weighted by molar-refractivity contribution is 7.80. The van der Waals surface area contributed by atoms with Crippen LogP contribution in [0, 0.1) is 13.8 Å². The summed E-state index contributed by atoms with van der Waals surface area (Å²) in [4.78, 5) is 0. The van der Waals surface area contributed by atoms with Crippen molar-refractivity contribution in [2.24, 2.45) is 0 Å². The van der Waals surface area contributed by atoms with Crippen molar-refractivity contribution in [1.29, 1.82) is 0 Å². The lowest BCUT2D eigenvalue weighted by atomic mass is 10.0. The summed E-state index contributed by atoms with van der Waals surface area (Å²) in [5.41, 5.74) is 3.76. The first kappa shape index (κ1) is 12.4. The molecule has 0 aliphatic carbocycles. The van der Waals surface area contributed by atoms with Gasteiger partial charge in [0.1, 0.15) is 5.75 Å². The fraction of sp³-hybridized carbons (Fsp3) is 0.500. The van der Waals surface area contributed by atoms with Gasteiger partial charge in [-0.25, -0.2) is 0 Å². The minimum atomic E-state index is 0.730. The Kier molecular flexibility index (Phi) is 4.99. The average Bonchev–Trinajstić information content (AvgIpc) is 2.18. The van der Waals surface area contributed by atoms with Gasteiger partial charge in [0.05, 0.1) is 7.11 Å². The van der Waals surface area contributed by atoms with Gasteiger partial charge in [-0.05, 0) is 43.5 Å². The fourth-order valence-corrected chi connectivity index (χ4v) is 1.98. The number of methoxy groups -OCH3 is 1. The second kappa shape index (κ2) is 6.03. The molecule has 0 radical (unpaired) electrons. The van der Waals surface area contributed by atoms with Crippen LogP contribution >= 0.6 is 12.6 Å². The van der Waals surface area contributed by atoms with Crippen LogP contribution in [0.15, 0.2) is 12.1 Å². The molecule has 1 aromatic carbocycles. The SMILES string of the molecule is COc1c(C)cc(CCNCS)cc1C. The van der Waals surface area contributed by atoms with Gasteiger partial charge in [-0.15, -0.1) is 0 Å². The molecule has 0 bridgehead atoms. The first-order valence-electron chi connectivity index (χ1n) is 5.14. The van der Waals surface area contributed by atoms with E-state index in [1.807, 2.05) is 0 Å². The third kappa shape index (κ3) is 3.43. The molecule has 0 saturated carbocycles. The Balaban J connectivity index is 2.75. The summed E-state index contributed by atoms with van der Waals surface area (Å²) in [5, 5.41) is 3.20. The Morgan fingerprint density at radius 1 is 1.27 bits per heavy atom. The molecule has 0 spiro atoms. The van der Waals surface area contributed by atoms with Crippen LogP contribution in [0.25, 0.3) is 0 Å². The van der Waals surface area contributed by atoms with Crippen LogP contribution < -0.4 is 10.1 Å². The summed E-state index contributed by atoms with van der Waals surface area (Å²) in [6, 6.07) is 4.37. The monoisotopic (exact) mass is 225 g/mol. The van der Waals surface area contributed by atoms with Crippen LogP contribution in [0.3, 0.4) is 0 Å². The van der Waals surface area contributed by atoms with Crippen molar-refractivity contribution < 1.29 is 4.74 Å². The third-order valence-electron chi connectivity index (χ3n) is 2.43. The molecule has 1 N–H and O–H groups in total. The van der Waals surface area contributed by atoms with E-state index >= 15 is 0 Å². The molecule has 15 heavy (non-hydrogen) atoms. The minimum Gasteiger partial charge on any atom is -0.496 e. The van der Waals surface area contributed by atoms with Crippen molar-refractivity contribution in [2.45, 2.75) is 20.3 Å². The van der Waals surface area contributed by atoms with Crippen LogP contribution in [0.5, 0.6) is 5.75 Å². The number of hydrogen-bond donors (Lipinski definition) is 2. The molecule has 0 heterocycles. The highest BCUT2D eigenvalue weighted by Gasteiger charge is 2.04. The molecule has 0 aromatic heterocycles. The summed E-state index contributed by atoms with van der Waals surface area (Å²) < 4.78 is 5.33. The van der Waals surface area contributed by atoms with Gasteiger partial charge in [0.25, 0.3) is 0 Å². The van der Waals surface area contributed by atoms with Gasteiger partial charge in [0.2, 0.25) is 0 Å². The van der Waals surface area contributed by atoms with E-state index in [1.54, 1.807) is 7.11 Å². The van der Waals surface area contributed by atoms with Gasteiger partial charge in [0.15, 0.2) is 0 Å². The molecule has 84 valence electrons. The lowest BCUT2D eigenvalue weighted by Crippen LogP contribution is -2.14. The zero-order chi connectivity index (χ0) is 11.3. The van der Waals surface area contributed by atoms with Crippen LogP contribution in [0.2, 0.25) is 0 Å². The Labute approximate surface area is 97.4 Å². The first-order chi connectivity index (χ1) is 7.19. The summed E-state index contributed by atoms with van der Waals surface area (Å²) in [6.45, 7) is 5.14. The molecule has 3 heteroatoms. The zero-order valence-electron chi connectivity index (χ0n) is 9.63. The Morgan fingerprint density at radius 3 is 2.33 bits per heavy atom. The first-order valence-corrected chi connectivity index (χ1v) is 5.78. The fourth-order valence-electron chi connectivity index (χ4n) is 1.82. The normalized spacial score (nSPS) is 10.4. The van der Waals surface area contributed by atoms with E-state index in [2.05, 4.69) is 43.9 Å². The van der Waals surface area contributed by atoms with Crippen LogP contribution in [0.1, 0.15) is 16.7 Å². The quantitative estimate of drug-likeness (QED) is 0.456. The van der Waals surface area contributed by atoms with Crippen molar-refractivity contribution in [1.82, 2.24) is 5.32 Å². The molecule has 0 atom stereocenters. The van der Waals surface area contributed by atoms with Crippen molar-refractivity contribution in [3.63, 3.8) is 0 Å². The molecular weight excluding hydrogens is 206 g/mol. The van der Waals surface area contributed by atoms with Crippen molar-refractivity contribution in [3.05, 3.63) is 28.8 Å². The molecular formula is C12H19NOS. The van der Waals surface area contributed by atoms with E-state index in [9.17, 15) is 0 Å². The van der Waals surface area contributed by atoms with E-state index in [0.29, 0.717) is 0 Å². The van der Waals surface area contributed by atoms with E-state index in [4.69, 9.17) is 4.74 Å².